The van der Waals surface area contributed by atoms with E-state index in [0.29, 0.717) is 19.6 Å². The van der Waals surface area contributed by atoms with Gasteiger partial charge in [-0.3, -0.25) is 4.79 Å². The first kappa shape index (κ1) is 21.7. The highest BCUT2D eigenvalue weighted by Crippen LogP contribution is 2.15. The normalized spacial score (nSPS) is 14.1. The fourth-order valence-electron chi connectivity index (χ4n) is 3.45. The van der Waals surface area contributed by atoms with Gasteiger partial charge in [-0.1, -0.05) is 42.5 Å². The summed E-state index contributed by atoms with van der Waals surface area (Å²) in [7, 11) is 0. The molecule has 0 aromatic heterocycles. The summed E-state index contributed by atoms with van der Waals surface area (Å²) in [5.74, 6) is 1.94. The van der Waals surface area contributed by atoms with E-state index in [4.69, 9.17) is 9.73 Å². The maximum absolute atomic E-state index is 11.7. The van der Waals surface area contributed by atoms with Crippen LogP contribution in [0.15, 0.2) is 59.6 Å². The molecule has 0 bridgehead atoms. The Kier molecular flexibility index (Phi) is 8.57. The molecule has 2 N–H and O–H groups in total. The average molecular weight is 409 g/mol. The molecule has 0 saturated carbocycles. The van der Waals surface area contributed by atoms with Crippen LogP contribution in [0, 0.1) is 0 Å². The molecule has 1 aliphatic heterocycles. The predicted octanol–water partition coefficient (Wildman–Crippen LogP) is 3.33. The Hall–Kier alpha value is -3.02. The van der Waals surface area contributed by atoms with E-state index >= 15 is 0 Å². The zero-order valence-electron chi connectivity index (χ0n) is 17.8. The number of carbonyl (C=O) groups excluding carboxylic acids is 1. The molecule has 1 aliphatic rings. The standard InChI is InChI=1S/C24H32N4O2/c1-2-25-24(26-15-9-17-28-16-8-14-23(28)29)27-18-20-10-6-7-11-21(20)19-30-22-12-4-3-5-13-22/h3-7,10-13H,2,8-9,14-19H2,1H3,(H2,25,26,27). The van der Waals surface area contributed by atoms with Gasteiger partial charge in [0, 0.05) is 32.6 Å². The molecule has 1 amide bonds. The van der Waals surface area contributed by atoms with Crippen LogP contribution < -0.4 is 15.4 Å². The van der Waals surface area contributed by atoms with E-state index in [2.05, 4.69) is 29.7 Å². The molecule has 0 unspecified atom stereocenters. The second-order valence-electron chi connectivity index (χ2n) is 7.33. The number of hydrogen-bond donors (Lipinski definition) is 2. The molecular formula is C24H32N4O2. The first-order chi connectivity index (χ1) is 14.8. The third-order valence-electron chi connectivity index (χ3n) is 5.08. The Morgan fingerprint density at radius 1 is 1.07 bits per heavy atom. The summed E-state index contributed by atoms with van der Waals surface area (Å²) >= 11 is 0. The summed E-state index contributed by atoms with van der Waals surface area (Å²) < 4.78 is 5.91. The molecule has 6 nitrogen and oxygen atoms in total. The molecule has 2 aromatic carbocycles. The number of rotatable bonds is 10. The predicted molar refractivity (Wildman–Crippen MR) is 120 cm³/mol. The maximum atomic E-state index is 11.7. The maximum Gasteiger partial charge on any atom is 0.222 e. The monoisotopic (exact) mass is 408 g/mol. The zero-order chi connectivity index (χ0) is 21.0. The van der Waals surface area contributed by atoms with Gasteiger partial charge >= 0.3 is 0 Å². The van der Waals surface area contributed by atoms with Crippen molar-refractivity contribution in [3.63, 3.8) is 0 Å². The van der Waals surface area contributed by atoms with E-state index in [0.717, 1.165) is 61.9 Å². The van der Waals surface area contributed by atoms with Crippen LogP contribution in [-0.2, 0) is 17.9 Å². The van der Waals surface area contributed by atoms with Crippen molar-refractivity contribution in [1.82, 2.24) is 15.5 Å². The SMILES string of the molecule is CCNC(=NCc1ccccc1COc1ccccc1)NCCCN1CCCC1=O. The van der Waals surface area contributed by atoms with Crippen LogP contribution in [0.3, 0.4) is 0 Å². The fourth-order valence-corrected chi connectivity index (χ4v) is 3.45. The number of likely N-dealkylation sites (tertiary alicyclic amines) is 1. The Bertz CT molecular complexity index is 823. The van der Waals surface area contributed by atoms with Gasteiger partial charge in [-0.25, -0.2) is 4.99 Å². The van der Waals surface area contributed by atoms with Crippen LogP contribution in [0.4, 0.5) is 0 Å². The van der Waals surface area contributed by atoms with Gasteiger partial charge in [-0.05, 0) is 43.0 Å². The number of benzene rings is 2. The summed E-state index contributed by atoms with van der Waals surface area (Å²) in [5.41, 5.74) is 2.28. The van der Waals surface area contributed by atoms with Gasteiger partial charge in [0.05, 0.1) is 6.54 Å². The van der Waals surface area contributed by atoms with E-state index in [-0.39, 0.29) is 5.91 Å². The third kappa shape index (κ3) is 6.79. The van der Waals surface area contributed by atoms with Crippen LogP contribution in [-0.4, -0.2) is 42.9 Å². The van der Waals surface area contributed by atoms with Gasteiger partial charge in [0.25, 0.3) is 0 Å². The lowest BCUT2D eigenvalue weighted by Gasteiger charge is -2.16. The van der Waals surface area contributed by atoms with Gasteiger partial charge in [0.15, 0.2) is 5.96 Å². The van der Waals surface area contributed by atoms with Crippen molar-refractivity contribution in [3.8, 4) is 5.75 Å². The number of nitrogens with zero attached hydrogens (tertiary/aromatic N) is 2. The quantitative estimate of drug-likeness (QED) is 0.360. The smallest absolute Gasteiger partial charge is 0.222 e. The molecule has 0 spiro atoms. The molecule has 3 rings (SSSR count). The van der Waals surface area contributed by atoms with E-state index in [1.54, 1.807) is 0 Å². The largest absolute Gasteiger partial charge is 0.489 e. The number of hydrogen-bond acceptors (Lipinski definition) is 3. The molecule has 0 atom stereocenters. The highest BCUT2D eigenvalue weighted by Gasteiger charge is 2.18. The highest BCUT2D eigenvalue weighted by atomic mass is 16.5. The van der Waals surface area contributed by atoms with Crippen molar-refractivity contribution in [2.75, 3.05) is 26.2 Å². The summed E-state index contributed by atoms with van der Waals surface area (Å²) in [6.07, 6.45) is 2.60. The lowest BCUT2D eigenvalue weighted by molar-refractivity contribution is -0.127. The lowest BCUT2D eigenvalue weighted by atomic mass is 10.1. The van der Waals surface area contributed by atoms with E-state index in [9.17, 15) is 4.79 Å². The molecule has 0 radical (unpaired) electrons. The van der Waals surface area contributed by atoms with Gasteiger partial charge < -0.3 is 20.3 Å². The first-order valence-electron chi connectivity index (χ1n) is 10.8. The number of guanidine groups is 1. The number of amides is 1. The number of nitrogens with one attached hydrogen (secondary N) is 2. The molecule has 1 fully saturated rings. The van der Waals surface area contributed by atoms with Crippen LogP contribution >= 0.6 is 0 Å². The second kappa shape index (κ2) is 11.9. The lowest BCUT2D eigenvalue weighted by Crippen LogP contribution is -2.39. The minimum atomic E-state index is 0.282. The minimum absolute atomic E-state index is 0.282. The van der Waals surface area contributed by atoms with Crippen molar-refractivity contribution in [3.05, 3.63) is 65.7 Å². The Balaban J connectivity index is 1.51. The first-order valence-corrected chi connectivity index (χ1v) is 10.8. The van der Waals surface area contributed by atoms with Crippen molar-refractivity contribution < 1.29 is 9.53 Å². The summed E-state index contributed by atoms with van der Waals surface area (Å²) in [4.78, 5) is 18.4. The Labute approximate surface area is 179 Å². The summed E-state index contributed by atoms with van der Waals surface area (Å²) in [6.45, 7) is 6.45. The van der Waals surface area contributed by atoms with Crippen molar-refractivity contribution >= 4 is 11.9 Å². The Morgan fingerprint density at radius 3 is 2.57 bits per heavy atom. The average Bonchev–Trinajstić information content (AvgIpc) is 3.19. The van der Waals surface area contributed by atoms with Crippen molar-refractivity contribution in [2.45, 2.75) is 39.3 Å². The van der Waals surface area contributed by atoms with E-state index in [1.165, 1.54) is 0 Å². The minimum Gasteiger partial charge on any atom is -0.489 e. The zero-order valence-corrected chi connectivity index (χ0v) is 17.8. The van der Waals surface area contributed by atoms with Crippen LogP contribution in [0.1, 0.15) is 37.3 Å². The number of aliphatic imine (C=N–C) groups is 1. The topological polar surface area (TPSA) is 66.0 Å². The van der Waals surface area contributed by atoms with Gasteiger partial charge in [-0.15, -0.1) is 0 Å². The fraction of sp³-hybridized carbons (Fsp3) is 0.417. The van der Waals surface area contributed by atoms with E-state index in [1.807, 2.05) is 47.4 Å². The third-order valence-corrected chi connectivity index (χ3v) is 5.08. The number of carbonyl (C=O) groups is 1. The molecule has 160 valence electrons. The van der Waals surface area contributed by atoms with Gasteiger partial charge in [0.2, 0.25) is 5.91 Å². The molecule has 6 heteroatoms. The summed E-state index contributed by atoms with van der Waals surface area (Å²) in [5, 5.41) is 6.67. The summed E-state index contributed by atoms with van der Waals surface area (Å²) in [6, 6.07) is 18.1. The van der Waals surface area contributed by atoms with Crippen molar-refractivity contribution in [1.29, 1.82) is 0 Å². The van der Waals surface area contributed by atoms with E-state index < -0.39 is 0 Å². The van der Waals surface area contributed by atoms with Gasteiger partial charge in [0.1, 0.15) is 12.4 Å². The van der Waals surface area contributed by atoms with Crippen LogP contribution in [0.25, 0.3) is 0 Å². The second-order valence-corrected chi connectivity index (χ2v) is 7.33. The Morgan fingerprint density at radius 2 is 1.83 bits per heavy atom. The van der Waals surface area contributed by atoms with Crippen LogP contribution in [0.5, 0.6) is 5.75 Å². The number of para-hydroxylation sites is 1. The molecule has 1 saturated heterocycles. The number of ether oxygens (including phenoxy) is 1. The molecular weight excluding hydrogens is 376 g/mol. The highest BCUT2D eigenvalue weighted by molar-refractivity contribution is 5.80. The van der Waals surface area contributed by atoms with Crippen molar-refractivity contribution in [2.24, 2.45) is 4.99 Å². The van der Waals surface area contributed by atoms with Gasteiger partial charge in [-0.2, -0.15) is 0 Å². The molecule has 2 aromatic rings. The van der Waals surface area contributed by atoms with Crippen LogP contribution in [0.2, 0.25) is 0 Å². The molecule has 0 aliphatic carbocycles. The molecule has 30 heavy (non-hydrogen) atoms. The molecule has 1 heterocycles.